The van der Waals surface area contributed by atoms with Gasteiger partial charge in [0, 0.05) is 24.2 Å². The van der Waals surface area contributed by atoms with Crippen LogP contribution in [0.4, 0.5) is 8.78 Å². The molecule has 0 saturated carbocycles. The van der Waals surface area contributed by atoms with Gasteiger partial charge in [0.2, 0.25) is 0 Å². The van der Waals surface area contributed by atoms with Gasteiger partial charge < -0.3 is 4.90 Å². The van der Waals surface area contributed by atoms with Crippen molar-refractivity contribution in [2.45, 2.75) is 13.5 Å². The van der Waals surface area contributed by atoms with Crippen LogP contribution in [0.1, 0.15) is 21.6 Å². The van der Waals surface area contributed by atoms with E-state index in [2.05, 4.69) is 5.10 Å². The zero-order valence-electron chi connectivity index (χ0n) is 14.2. The van der Waals surface area contributed by atoms with Crippen molar-refractivity contribution < 1.29 is 13.6 Å². The Bertz CT molecular complexity index is 934. The van der Waals surface area contributed by atoms with Crippen LogP contribution in [-0.4, -0.2) is 27.6 Å². The van der Waals surface area contributed by atoms with Gasteiger partial charge in [-0.2, -0.15) is 5.10 Å². The van der Waals surface area contributed by atoms with Crippen LogP contribution in [0.3, 0.4) is 0 Å². The number of carbonyl (C=O) groups excluding carboxylic acids is 1. The highest BCUT2D eigenvalue weighted by molar-refractivity contribution is 6.31. The lowest BCUT2D eigenvalue weighted by Crippen LogP contribution is -2.27. The second-order valence-corrected chi connectivity index (χ2v) is 6.30. The molecule has 3 aromatic rings. The fraction of sp³-hybridized carbons (Fsp3) is 0.158. The van der Waals surface area contributed by atoms with Gasteiger partial charge in [-0.25, -0.2) is 13.5 Å². The number of aromatic nitrogens is 2. The molecular formula is C19H16ClF2N3O. The summed E-state index contributed by atoms with van der Waals surface area (Å²) in [5, 5.41) is 4.47. The largest absolute Gasteiger partial charge is 0.337 e. The zero-order valence-corrected chi connectivity index (χ0v) is 15.0. The molecule has 4 nitrogen and oxygen atoms in total. The molecule has 2 aromatic carbocycles. The summed E-state index contributed by atoms with van der Waals surface area (Å²) < 4.78 is 28.6. The summed E-state index contributed by atoms with van der Waals surface area (Å²) in [6, 6.07) is 10.2. The summed E-state index contributed by atoms with van der Waals surface area (Å²) in [5.74, 6) is -1.12. The van der Waals surface area contributed by atoms with Crippen LogP contribution in [0.15, 0.2) is 48.7 Å². The predicted octanol–water partition coefficient (Wildman–Crippen LogP) is 4.38. The van der Waals surface area contributed by atoms with Gasteiger partial charge in [-0.05, 0) is 43.3 Å². The molecule has 26 heavy (non-hydrogen) atoms. The van der Waals surface area contributed by atoms with Crippen LogP contribution in [0.5, 0.6) is 0 Å². The number of nitrogens with zero attached hydrogens (tertiary/aromatic N) is 3. The molecule has 0 fully saturated rings. The quantitative estimate of drug-likeness (QED) is 0.678. The van der Waals surface area contributed by atoms with Crippen LogP contribution in [0.2, 0.25) is 5.02 Å². The van der Waals surface area contributed by atoms with Crippen LogP contribution >= 0.6 is 11.6 Å². The number of carbonyl (C=O) groups is 1. The second kappa shape index (κ2) is 7.25. The Balaban J connectivity index is 1.85. The van der Waals surface area contributed by atoms with Crippen LogP contribution in [0.25, 0.3) is 5.69 Å². The molecule has 1 heterocycles. The van der Waals surface area contributed by atoms with Crippen LogP contribution < -0.4 is 0 Å². The third kappa shape index (κ3) is 3.46. The van der Waals surface area contributed by atoms with E-state index in [1.807, 2.05) is 0 Å². The van der Waals surface area contributed by atoms with E-state index >= 15 is 0 Å². The number of hydrogen-bond acceptors (Lipinski definition) is 2. The van der Waals surface area contributed by atoms with Crippen molar-refractivity contribution in [1.82, 2.24) is 14.7 Å². The number of halogens is 3. The zero-order chi connectivity index (χ0) is 18.8. The minimum absolute atomic E-state index is 0.0332. The molecule has 0 N–H and O–H groups in total. The molecule has 0 atom stereocenters. The van der Waals surface area contributed by atoms with Gasteiger partial charge in [0.25, 0.3) is 5.91 Å². The maximum absolute atomic E-state index is 13.9. The van der Waals surface area contributed by atoms with E-state index < -0.39 is 5.82 Å². The number of hydrogen-bond donors (Lipinski definition) is 0. The molecule has 0 unspecified atom stereocenters. The Labute approximate surface area is 154 Å². The van der Waals surface area contributed by atoms with Crippen molar-refractivity contribution in [3.8, 4) is 5.69 Å². The van der Waals surface area contributed by atoms with Crippen LogP contribution in [0, 0.1) is 18.6 Å². The van der Waals surface area contributed by atoms with Gasteiger partial charge in [-0.1, -0.05) is 17.7 Å². The average molecular weight is 376 g/mol. The first kappa shape index (κ1) is 18.1. The fourth-order valence-corrected chi connectivity index (χ4v) is 2.88. The van der Waals surface area contributed by atoms with Crippen molar-refractivity contribution in [1.29, 1.82) is 0 Å². The summed E-state index contributed by atoms with van der Waals surface area (Å²) in [7, 11) is 1.57. The molecule has 0 bridgehead atoms. The highest BCUT2D eigenvalue weighted by Gasteiger charge is 2.20. The van der Waals surface area contributed by atoms with Gasteiger partial charge in [0.1, 0.15) is 11.6 Å². The molecule has 1 amide bonds. The SMILES string of the molecule is Cc1c(C(=O)N(C)Cc2c(F)cccc2Cl)cnn1-c1ccc(F)cc1. The first-order valence-electron chi connectivity index (χ1n) is 7.87. The number of amides is 1. The molecule has 7 heteroatoms. The lowest BCUT2D eigenvalue weighted by atomic mass is 10.1. The maximum atomic E-state index is 13.9. The van der Waals surface area contributed by atoms with Crippen molar-refractivity contribution in [3.63, 3.8) is 0 Å². The van der Waals surface area contributed by atoms with Crippen molar-refractivity contribution in [2.75, 3.05) is 7.05 Å². The molecule has 3 rings (SSSR count). The minimum Gasteiger partial charge on any atom is -0.337 e. The van der Waals surface area contributed by atoms with Crippen LogP contribution in [-0.2, 0) is 6.54 Å². The Morgan fingerprint density at radius 1 is 1.19 bits per heavy atom. The third-order valence-electron chi connectivity index (χ3n) is 4.12. The molecular weight excluding hydrogens is 360 g/mol. The minimum atomic E-state index is -0.462. The van der Waals surface area contributed by atoms with E-state index in [9.17, 15) is 13.6 Å². The predicted molar refractivity (Wildman–Crippen MR) is 95.5 cm³/mol. The molecule has 0 spiro atoms. The second-order valence-electron chi connectivity index (χ2n) is 5.89. The lowest BCUT2D eigenvalue weighted by molar-refractivity contribution is 0.0783. The molecule has 0 aliphatic rings. The van der Waals surface area contributed by atoms with E-state index in [1.54, 1.807) is 36.9 Å². The topological polar surface area (TPSA) is 38.1 Å². The van der Waals surface area contributed by atoms with E-state index in [-0.39, 0.29) is 28.9 Å². The Hall–Kier alpha value is -2.73. The van der Waals surface area contributed by atoms with Gasteiger partial charge in [-0.3, -0.25) is 4.79 Å². The van der Waals surface area contributed by atoms with Gasteiger partial charge in [0.05, 0.1) is 23.1 Å². The van der Waals surface area contributed by atoms with E-state index in [0.29, 0.717) is 16.9 Å². The van der Waals surface area contributed by atoms with E-state index in [4.69, 9.17) is 11.6 Å². The van der Waals surface area contributed by atoms with Crippen molar-refractivity contribution in [3.05, 3.63) is 82.1 Å². The lowest BCUT2D eigenvalue weighted by Gasteiger charge is -2.18. The molecule has 0 radical (unpaired) electrons. The summed E-state index contributed by atoms with van der Waals surface area (Å²) in [6.07, 6.45) is 1.44. The molecule has 0 aliphatic heterocycles. The average Bonchev–Trinajstić information content (AvgIpc) is 2.99. The standard InChI is InChI=1S/C19H16ClF2N3O/c1-12-15(10-23-25(12)14-8-6-13(21)7-9-14)19(26)24(2)11-16-17(20)4-3-5-18(16)22/h3-10H,11H2,1-2H3. The Morgan fingerprint density at radius 2 is 1.88 bits per heavy atom. The van der Waals surface area contributed by atoms with Gasteiger partial charge in [0.15, 0.2) is 0 Å². The summed E-state index contributed by atoms with van der Waals surface area (Å²) >= 11 is 6.03. The summed E-state index contributed by atoms with van der Waals surface area (Å²) in [4.78, 5) is 14.1. The fourth-order valence-electron chi connectivity index (χ4n) is 2.66. The molecule has 134 valence electrons. The third-order valence-corrected chi connectivity index (χ3v) is 4.47. The summed E-state index contributed by atoms with van der Waals surface area (Å²) in [6.45, 7) is 1.78. The van der Waals surface area contributed by atoms with Gasteiger partial charge >= 0.3 is 0 Å². The highest BCUT2D eigenvalue weighted by atomic mass is 35.5. The Kier molecular flexibility index (Phi) is 5.04. The van der Waals surface area contributed by atoms with Gasteiger partial charge in [-0.15, -0.1) is 0 Å². The summed E-state index contributed by atoms with van der Waals surface area (Å²) in [5.41, 5.74) is 1.88. The molecule has 1 aromatic heterocycles. The van der Waals surface area contributed by atoms with Crippen molar-refractivity contribution >= 4 is 17.5 Å². The van der Waals surface area contributed by atoms with Crippen molar-refractivity contribution in [2.24, 2.45) is 0 Å². The molecule has 0 saturated heterocycles. The smallest absolute Gasteiger partial charge is 0.257 e. The monoisotopic (exact) mass is 375 g/mol. The van der Waals surface area contributed by atoms with E-state index in [0.717, 1.165) is 0 Å². The number of benzene rings is 2. The normalized spacial score (nSPS) is 10.8. The first-order valence-corrected chi connectivity index (χ1v) is 8.25. The highest BCUT2D eigenvalue weighted by Crippen LogP contribution is 2.22. The Morgan fingerprint density at radius 3 is 2.54 bits per heavy atom. The first-order chi connectivity index (χ1) is 12.4. The molecule has 0 aliphatic carbocycles. The number of rotatable bonds is 4. The maximum Gasteiger partial charge on any atom is 0.257 e. The van der Waals surface area contributed by atoms with E-state index in [1.165, 1.54) is 35.4 Å².